The number of halogens is 1. The van der Waals surface area contributed by atoms with Crippen LogP contribution in [0, 0.1) is 5.82 Å². The maximum Gasteiger partial charge on any atom is 0.322 e. The van der Waals surface area contributed by atoms with Crippen molar-refractivity contribution in [2.75, 3.05) is 13.1 Å². The second-order valence-electron chi connectivity index (χ2n) is 3.51. The van der Waals surface area contributed by atoms with Crippen LogP contribution < -0.4 is 10.6 Å². The van der Waals surface area contributed by atoms with E-state index in [1.165, 1.54) is 0 Å². The smallest absolute Gasteiger partial charge is 0.322 e. The summed E-state index contributed by atoms with van der Waals surface area (Å²) in [5.74, 6) is -3.94. The fourth-order valence-electron chi connectivity index (χ4n) is 1.19. The lowest BCUT2D eigenvalue weighted by molar-refractivity contribution is -0.137. The molecule has 0 aliphatic carbocycles. The average Bonchev–Trinajstić information content (AvgIpc) is 2.33. The molecule has 1 rings (SSSR count). The summed E-state index contributed by atoms with van der Waals surface area (Å²) in [5, 5.41) is 21.8. The van der Waals surface area contributed by atoms with Crippen molar-refractivity contribution in [3.8, 4) is 5.75 Å². The molecular formula is C11H11FN2O5. The van der Waals surface area contributed by atoms with E-state index in [9.17, 15) is 23.9 Å². The number of hydrogen-bond donors (Lipinski definition) is 4. The van der Waals surface area contributed by atoms with Crippen molar-refractivity contribution < 1.29 is 29.0 Å². The molecule has 2 amide bonds. The van der Waals surface area contributed by atoms with Gasteiger partial charge < -0.3 is 20.8 Å². The summed E-state index contributed by atoms with van der Waals surface area (Å²) in [6.07, 6.45) is 0. The largest absolute Gasteiger partial charge is 0.507 e. The van der Waals surface area contributed by atoms with Crippen LogP contribution in [-0.2, 0) is 9.59 Å². The standard InChI is InChI=1S/C11H11FN2O5/c12-6-1-2-7(8(15)3-6)11(19)14-4-9(16)13-5-10(17)18/h1-3,15H,4-5H2,(H,13,16)(H,14,19)(H,17,18). The Hall–Kier alpha value is -2.64. The van der Waals surface area contributed by atoms with Crippen molar-refractivity contribution in [2.45, 2.75) is 0 Å². The van der Waals surface area contributed by atoms with Crippen LogP contribution in [0.2, 0.25) is 0 Å². The minimum Gasteiger partial charge on any atom is -0.507 e. The lowest BCUT2D eigenvalue weighted by Crippen LogP contribution is -2.39. The Labute approximate surface area is 107 Å². The van der Waals surface area contributed by atoms with Crippen LogP contribution in [0.25, 0.3) is 0 Å². The topological polar surface area (TPSA) is 116 Å². The minimum absolute atomic E-state index is 0.188. The summed E-state index contributed by atoms with van der Waals surface area (Å²) in [6, 6.07) is 2.81. The number of nitrogens with one attached hydrogen (secondary N) is 2. The predicted octanol–water partition coefficient (Wildman–Crippen LogP) is -0.538. The van der Waals surface area contributed by atoms with Crippen LogP contribution in [0.5, 0.6) is 5.75 Å². The van der Waals surface area contributed by atoms with Gasteiger partial charge in [-0.3, -0.25) is 14.4 Å². The summed E-state index contributed by atoms with van der Waals surface area (Å²) in [6.45, 7) is -1.01. The van der Waals surface area contributed by atoms with Crippen molar-refractivity contribution >= 4 is 17.8 Å². The first-order chi connectivity index (χ1) is 8.90. The zero-order valence-electron chi connectivity index (χ0n) is 9.64. The third-order valence-electron chi connectivity index (χ3n) is 2.05. The number of rotatable bonds is 5. The zero-order chi connectivity index (χ0) is 14.4. The minimum atomic E-state index is -1.21. The van der Waals surface area contributed by atoms with Gasteiger partial charge in [-0.15, -0.1) is 0 Å². The van der Waals surface area contributed by atoms with Gasteiger partial charge in [0.1, 0.15) is 18.1 Å². The van der Waals surface area contributed by atoms with Crippen molar-refractivity contribution in [3.63, 3.8) is 0 Å². The Bertz CT molecular complexity index is 518. The van der Waals surface area contributed by atoms with E-state index >= 15 is 0 Å². The van der Waals surface area contributed by atoms with Gasteiger partial charge in [-0.1, -0.05) is 0 Å². The fourth-order valence-corrected chi connectivity index (χ4v) is 1.19. The van der Waals surface area contributed by atoms with Gasteiger partial charge in [0.2, 0.25) is 5.91 Å². The van der Waals surface area contributed by atoms with Crippen molar-refractivity contribution in [1.29, 1.82) is 0 Å². The number of aliphatic carboxylic acids is 1. The maximum absolute atomic E-state index is 12.7. The average molecular weight is 270 g/mol. The maximum atomic E-state index is 12.7. The highest BCUT2D eigenvalue weighted by molar-refractivity contribution is 5.98. The molecule has 102 valence electrons. The molecule has 0 aliphatic heterocycles. The van der Waals surface area contributed by atoms with Crippen LogP contribution in [0.15, 0.2) is 18.2 Å². The van der Waals surface area contributed by atoms with Gasteiger partial charge in [0.05, 0.1) is 12.1 Å². The molecule has 19 heavy (non-hydrogen) atoms. The third kappa shape index (κ3) is 4.62. The monoisotopic (exact) mass is 270 g/mol. The molecule has 0 aliphatic rings. The van der Waals surface area contributed by atoms with E-state index in [1.807, 2.05) is 5.32 Å². The lowest BCUT2D eigenvalue weighted by Gasteiger charge is -2.06. The molecule has 4 N–H and O–H groups in total. The SMILES string of the molecule is O=C(O)CNC(=O)CNC(=O)c1ccc(F)cc1O. The normalized spacial score (nSPS) is 9.74. The molecule has 8 heteroatoms. The third-order valence-corrected chi connectivity index (χ3v) is 2.05. The van der Waals surface area contributed by atoms with E-state index in [0.29, 0.717) is 0 Å². The van der Waals surface area contributed by atoms with Crippen LogP contribution in [-0.4, -0.2) is 41.1 Å². The number of benzene rings is 1. The van der Waals surface area contributed by atoms with Gasteiger partial charge in [-0.05, 0) is 12.1 Å². The highest BCUT2D eigenvalue weighted by atomic mass is 19.1. The van der Waals surface area contributed by atoms with Gasteiger partial charge in [0, 0.05) is 6.07 Å². The summed E-state index contributed by atoms with van der Waals surface area (Å²) in [4.78, 5) is 32.8. The molecule has 0 bridgehead atoms. The van der Waals surface area contributed by atoms with E-state index in [4.69, 9.17) is 5.11 Å². The molecule has 7 nitrogen and oxygen atoms in total. The van der Waals surface area contributed by atoms with Crippen LogP contribution in [0.3, 0.4) is 0 Å². The predicted molar refractivity (Wildman–Crippen MR) is 61.0 cm³/mol. The Balaban J connectivity index is 2.51. The van der Waals surface area contributed by atoms with Gasteiger partial charge in [0.25, 0.3) is 5.91 Å². The van der Waals surface area contributed by atoms with E-state index in [-0.39, 0.29) is 5.56 Å². The van der Waals surface area contributed by atoms with E-state index in [2.05, 4.69) is 5.32 Å². The second kappa shape index (κ2) is 6.34. The molecule has 0 atom stereocenters. The zero-order valence-corrected chi connectivity index (χ0v) is 9.64. The number of hydrogen-bond acceptors (Lipinski definition) is 4. The van der Waals surface area contributed by atoms with Crippen LogP contribution in [0.4, 0.5) is 4.39 Å². The number of phenols is 1. The Morgan fingerprint density at radius 2 is 1.84 bits per heavy atom. The molecule has 0 aromatic heterocycles. The Kier molecular flexibility index (Phi) is 4.81. The van der Waals surface area contributed by atoms with Crippen LogP contribution >= 0.6 is 0 Å². The number of amides is 2. The van der Waals surface area contributed by atoms with Crippen molar-refractivity contribution in [3.05, 3.63) is 29.6 Å². The van der Waals surface area contributed by atoms with Crippen molar-refractivity contribution in [1.82, 2.24) is 10.6 Å². The van der Waals surface area contributed by atoms with Crippen molar-refractivity contribution in [2.24, 2.45) is 0 Å². The highest BCUT2D eigenvalue weighted by Crippen LogP contribution is 2.17. The first-order valence-corrected chi connectivity index (χ1v) is 5.15. The van der Waals surface area contributed by atoms with Gasteiger partial charge in [-0.25, -0.2) is 4.39 Å². The summed E-state index contributed by atoms with van der Waals surface area (Å²) in [5.41, 5.74) is -0.188. The highest BCUT2D eigenvalue weighted by Gasteiger charge is 2.13. The lowest BCUT2D eigenvalue weighted by atomic mass is 10.2. The molecule has 0 saturated heterocycles. The summed E-state index contributed by atoms with van der Waals surface area (Å²) in [7, 11) is 0. The molecule has 1 aromatic carbocycles. The Morgan fingerprint density at radius 3 is 2.42 bits per heavy atom. The van der Waals surface area contributed by atoms with E-state index in [1.54, 1.807) is 0 Å². The van der Waals surface area contributed by atoms with Gasteiger partial charge in [-0.2, -0.15) is 0 Å². The molecule has 0 fully saturated rings. The Morgan fingerprint density at radius 1 is 1.16 bits per heavy atom. The number of carbonyl (C=O) groups excluding carboxylic acids is 2. The van der Waals surface area contributed by atoms with E-state index in [0.717, 1.165) is 18.2 Å². The first kappa shape index (κ1) is 14.4. The number of carboxylic acids is 1. The summed E-state index contributed by atoms with van der Waals surface area (Å²) < 4.78 is 12.7. The van der Waals surface area contributed by atoms with E-state index < -0.39 is 42.4 Å². The molecule has 1 aromatic rings. The number of carboxylic acid groups (broad SMARTS) is 1. The quantitative estimate of drug-likeness (QED) is 0.573. The number of carbonyl (C=O) groups is 3. The first-order valence-electron chi connectivity index (χ1n) is 5.15. The molecule has 0 spiro atoms. The van der Waals surface area contributed by atoms with Crippen LogP contribution in [0.1, 0.15) is 10.4 Å². The second-order valence-corrected chi connectivity index (χ2v) is 3.51. The molecule has 0 radical (unpaired) electrons. The molecule has 0 saturated carbocycles. The number of aromatic hydroxyl groups is 1. The molecule has 0 unspecified atom stereocenters. The number of phenolic OH excluding ortho intramolecular Hbond substituents is 1. The fraction of sp³-hybridized carbons (Fsp3) is 0.182. The summed E-state index contributed by atoms with van der Waals surface area (Å²) >= 11 is 0. The molecular weight excluding hydrogens is 259 g/mol. The van der Waals surface area contributed by atoms with Gasteiger partial charge >= 0.3 is 5.97 Å². The van der Waals surface area contributed by atoms with Gasteiger partial charge in [0.15, 0.2) is 0 Å². The molecule has 0 heterocycles.